The van der Waals surface area contributed by atoms with E-state index in [1.807, 2.05) is 0 Å². The number of hydrogen-bond donors (Lipinski definition) is 6. The molecular formula is C9H18N2O5. The topological polar surface area (TPSA) is 122 Å². The molecule has 1 aliphatic rings. The van der Waals surface area contributed by atoms with Crippen LogP contribution >= 0.6 is 0 Å². The molecule has 0 unspecified atom stereocenters. The lowest BCUT2D eigenvalue weighted by atomic mass is 9.88. The van der Waals surface area contributed by atoms with Crippen molar-refractivity contribution in [2.75, 3.05) is 13.2 Å². The molecule has 0 saturated carbocycles. The van der Waals surface area contributed by atoms with Crippen LogP contribution in [0.15, 0.2) is 0 Å². The first kappa shape index (κ1) is 13.3. The van der Waals surface area contributed by atoms with Gasteiger partial charge in [0.25, 0.3) is 0 Å². The van der Waals surface area contributed by atoms with Gasteiger partial charge in [0.1, 0.15) is 6.10 Å². The molecule has 0 aromatic heterocycles. The minimum Gasteiger partial charge on any atom is -0.395 e. The molecule has 16 heavy (non-hydrogen) atoms. The van der Waals surface area contributed by atoms with E-state index >= 15 is 0 Å². The lowest BCUT2D eigenvalue weighted by Gasteiger charge is -2.42. The molecule has 0 bridgehead atoms. The SMILES string of the molecule is CC(=O)N[C@H]1[C@@H](O)[C@H](O)[C@@H](CO)N[C@@H]1CO. The van der Waals surface area contributed by atoms with Gasteiger partial charge in [0.2, 0.25) is 5.91 Å². The van der Waals surface area contributed by atoms with Crippen molar-refractivity contribution < 1.29 is 25.2 Å². The van der Waals surface area contributed by atoms with Gasteiger partial charge in [0, 0.05) is 6.92 Å². The summed E-state index contributed by atoms with van der Waals surface area (Å²) in [6, 6.07) is -2.09. The van der Waals surface area contributed by atoms with Crippen molar-refractivity contribution in [2.45, 2.75) is 37.3 Å². The van der Waals surface area contributed by atoms with Crippen LogP contribution in [0.3, 0.4) is 0 Å². The fourth-order valence-corrected chi connectivity index (χ4v) is 1.91. The van der Waals surface area contributed by atoms with E-state index in [9.17, 15) is 15.0 Å². The molecule has 0 spiro atoms. The molecule has 1 amide bonds. The molecule has 7 heteroatoms. The van der Waals surface area contributed by atoms with Crippen molar-refractivity contribution in [3.8, 4) is 0 Å². The number of hydrogen-bond acceptors (Lipinski definition) is 6. The predicted molar refractivity (Wildman–Crippen MR) is 54.5 cm³/mol. The van der Waals surface area contributed by atoms with Crippen molar-refractivity contribution in [1.29, 1.82) is 0 Å². The summed E-state index contributed by atoms with van der Waals surface area (Å²) in [4.78, 5) is 10.9. The first-order chi connectivity index (χ1) is 7.51. The first-order valence-corrected chi connectivity index (χ1v) is 5.12. The van der Waals surface area contributed by atoms with Gasteiger partial charge in [-0.3, -0.25) is 4.79 Å². The molecule has 1 fully saturated rings. The summed E-state index contributed by atoms with van der Waals surface area (Å²) >= 11 is 0. The number of piperidine rings is 1. The summed E-state index contributed by atoms with van der Waals surface area (Å²) in [5, 5.41) is 42.7. The largest absolute Gasteiger partial charge is 0.395 e. The van der Waals surface area contributed by atoms with Gasteiger partial charge in [0.15, 0.2) is 0 Å². The molecule has 7 nitrogen and oxygen atoms in total. The Labute approximate surface area is 93.1 Å². The molecule has 1 rings (SSSR count). The quantitative estimate of drug-likeness (QED) is 0.302. The third-order valence-electron chi connectivity index (χ3n) is 2.76. The Hall–Kier alpha value is -0.730. The Balaban J connectivity index is 2.77. The fraction of sp³-hybridized carbons (Fsp3) is 0.889. The highest BCUT2D eigenvalue weighted by Gasteiger charge is 2.42. The highest BCUT2D eigenvalue weighted by molar-refractivity contribution is 5.73. The predicted octanol–water partition coefficient (Wildman–Crippen LogP) is -3.46. The molecule has 5 atom stereocenters. The third-order valence-corrected chi connectivity index (χ3v) is 2.76. The molecule has 0 aliphatic carbocycles. The molecule has 0 aromatic rings. The van der Waals surface area contributed by atoms with Crippen LogP contribution in [0.2, 0.25) is 0 Å². The Morgan fingerprint density at radius 3 is 2.19 bits per heavy atom. The van der Waals surface area contributed by atoms with E-state index < -0.39 is 30.3 Å². The number of nitrogens with one attached hydrogen (secondary N) is 2. The average molecular weight is 234 g/mol. The summed E-state index contributed by atoms with van der Waals surface area (Å²) in [6.45, 7) is 0.610. The minimum absolute atomic E-state index is 0.314. The molecule has 94 valence electrons. The third kappa shape index (κ3) is 2.69. The summed E-state index contributed by atoms with van der Waals surface area (Å²) in [7, 11) is 0. The Kier molecular flexibility index (Phi) is 4.63. The van der Waals surface area contributed by atoms with Crippen molar-refractivity contribution in [1.82, 2.24) is 10.6 Å². The van der Waals surface area contributed by atoms with Crippen LogP contribution in [0.4, 0.5) is 0 Å². The van der Waals surface area contributed by atoms with E-state index in [4.69, 9.17) is 10.2 Å². The zero-order chi connectivity index (χ0) is 12.3. The minimum atomic E-state index is -1.22. The number of aliphatic hydroxyl groups is 4. The van der Waals surface area contributed by atoms with E-state index in [2.05, 4.69) is 10.6 Å². The van der Waals surface area contributed by atoms with Crippen LogP contribution in [-0.2, 0) is 4.79 Å². The van der Waals surface area contributed by atoms with Crippen molar-refractivity contribution >= 4 is 5.91 Å². The highest BCUT2D eigenvalue weighted by Crippen LogP contribution is 2.15. The van der Waals surface area contributed by atoms with Gasteiger partial charge in [-0.15, -0.1) is 0 Å². The van der Waals surface area contributed by atoms with E-state index in [1.165, 1.54) is 6.92 Å². The number of carbonyl (C=O) groups is 1. The van der Waals surface area contributed by atoms with E-state index in [-0.39, 0.29) is 19.1 Å². The number of rotatable bonds is 3. The fourth-order valence-electron chi connectivity index (χ4n) is 1.91. The van der Waals surface area contributed by atoms with Gasteiger partial charge in [-0.05, 0) is 0 Å². The molecule has 6 N–H and O–H groups in total. The Morgan fingerprint density at radius 1 is 1.19 bits per heavy atom. The van der Waals surface area contributed by atoms with Crippen molar-refractivity contribution in [3.05, 3.63) is 0 Å². The lowest BCUT2D eigenvalue weighted by molar-refractivity contribution is -0.124. The normalized spacial score (nSPS) is 39.4. The van der Waals surface area contributed by atoms with Crippen molar-refractivity contribution in [3.63, 3.8) is 0 Å². The monoisotopic (exact) mass is 234 g/mol. The maximum atomic E-state index is 10.9. The number of carbonyl (C=O) groups excluding carboxylic acids is 1. The van der Waals surface area contributed by atoms with E-state index in [0.29, 0.717) is 0 Å². The van der Waals surface area contributed by atoms with Gasteiger partial charge in [-0.25, -0.2) is 0 Å². The van der Waals surface area contributed by atoms with E-state index in [1.54, 1.807) is 0 Å². The van der Waals surface area contributed by atoms with Gasteiger partial charge < -0.3 is 31.1 Å². The maximum Gasteiger partial charge on any atom is 0.217 e. The van der Waals surface area contributed by atoms with Gasteiger partial charge in [0.05, 0.1) is 37.4 Å². The molecule has 0 aromatic carbocycles. The summed E-state index contributed by atoms with van der Waals surface area (Å²) < 4.78 is 0. The number of amides is 1. The number of aliphatic hydroxyl groups excluding tert-OH is 4. The second-order valence-electron chi connectivity index (χ2n) is 3.95. The van der Waals surface area contributed by atoms with Crippen LogP contribution in [0, 0.1) is 0 Å². The van der Waals surface area contributed by atoms with Gasteiger partial charge in [-0.2, -0.15) is 0 Å². The zero-order valence-electron chi connectivity index (χ0n) is 9.00. The second-order valence-corrected chi connectivity index (χ2v) is 3.95. The summed E-state index contributed by atoms with van der Waals surface area (Å²) in [5.74, 6) is -0.362. The smallest absolute Gasteiger partial charge is 0.217 e. The molecule has 1 aliphatic heterocycles. The van der Waals surface area contributed by atoms with Crippen LogP contribution < -0.4 is 10.6 Å². The Morgan fingerprint density at radius 2 is 1.75 bits per heavy atom. The van der Waals surface area contributed by atoms with E-state index in [0.717, 1.165) is 0 Å². The Bertz CT molecular complexity index is 248. The highest BCUT2D eigenvalue weighted by atomic mass is 16.3. The lowest BCUT2D eigenvalue weighted by Crippen LogP contribution is -2.70. The van der Waals surface area contributed by atoms with Gasteiger partial charge >= 0.3 is 0 Å². The summed E-state index contributed by atoms with van der Waals surface area (Å²) in [5.41, 5.74) is 0. The zero-order valence-corrected chi connectivity index (χ0v) is 9.00. The molecular weight excluding hydrogens is 216 g/mol. The first-order valence-electron chi connectivity index (χ1n) is 5.12. The van der Waals surface area contributed by atoms with Crippen LogP contribution in [-0.4, -0.2) is 69.9 Å². The standard InChI is InChI=1S/C9H18N2O5/c1-4(14)10-7-5(2-12)11-6(3-13)8(15)9(7)16/h5-9,11-13,15-16H,2-3H2,1H3,(H,10,14)/t5-,6-,7-,8-,9-/m1/s1. The maximum absolute atomic E-state index is 10.9. The second kappa shape index (κ2) is 5.55. The summed E-state index contributed by atoms with van der Waals surface area (Å²) in [6.07, 6.45) is -2.41. The molecule has 0 radical (unpaired) electrons. The van der Waals surface area contributed by atoms with Crippen LogP contribution in [0.25, 0.3) is 0 Å². The van der Waals surface area contributed by atoms with Gasteiger partial charge in [-0.1, -0.05) is 0 Å². The molecule has 1 saturated heterocycles. The van der Waals surface area contributed by atoms with Crippen LogP contribution in [0.1, 0.15) is 6.92 Å². The van der Waals surface area contributed by atoms with Crippen molar-refractivity contribution in [2.24, 2.45) is 0 Å². The van der Waals surface area contributed by atoms with Crippen LogP contribution in [0.5, 0.6) is 0 Å². The molecule has 1 heterocycles. The average Bonchev–Trinajstić information content (AvgIpc) is 2.25.